The third-order valence-electron chi connectivity index (χ3n) is 3.24. The molecular weight excluding hydrogens is 343 g/mol. The van der Waals surface area contributed by atoms with E-state index in [0.29, 0.717) is 12.0 Å². The Morgan fingerprint density at radius 1 is 1.35 bits per heavy atom. The van der Waals surface area contributed by atoms with Crippen molar-refractivity contribution < 1.29 is 4.39 Å². The lowest BCUT2D eigenvalue weighted by molar-refractivity contribution is 0.529. The van der Waals surface area contributed by atoms with Crippen LogP contribution < -0.4 is 11.3 Å². The molecule has 1 unspecified atom stereocenters. The zero-order chi connectivity index (χ0) is 14.7. The Bertz CT molecular complexity index is 619. The summed E-state index contributed by atoms with van der Waals surface area (Å²) in [6.45, 7) is 2.00. The first-order valence-corrected chi connectivity index (χ1v) is 7.35. The first-order chi connectivity index (χ1) is 9.52. The Hall–Kier alpha value is -0.940. The number of halogens is 3. The van der Waals surface area contributed by atoms with Crippen LogP contribution in [0.1, 0.15) is 22.7 Å². The summed E-state index contributed by atoms with van der Waals surface area (Å²) in [5.41, 5.74) is 5.39. The van der Waals surface area contributed by atoms with Crippen molar-refractivity contribution in [2.45, 2.75) is 19.4 Å². The molecule has 0 aliphatic rings. The van der Waals surface area contributed by atoms with E-state index in [1.54, 1.807) is 12.1 Å². The number of benzene rings is 2. The van der Waals surface area contributed by atoms with Gasteiger partial charge in [0.15, 0.2) is 0 Å². The van der Waals surface area contributed by atoms with Crippen LogP contribution in [-0.4, -0.2) is 0 Å². The maximum absolute atomic E-state index is 13.9. The van der Waals surface area contributed by atoms with Gasteiger partial charge >= 0.3 is 0 Å². The second kappa shape index (κ2) is 6.68. The van der Waals surface area contributed by atoms with E-state index in [4.69, 9.17) is 17.4 Å². The predicted molar refractivity (Wildman–Crippen MR) is 84.1 cm³/mol. The van der Waals surface area contributed by atoms with Gasteiger partial charge in [-0.1, -0.05) is 51.8 Å². The van der Waals surface area contributed by atoms with E-state index in [1.165, 1.54) is 6.07 Å². The molecule has 20 heavy (non-hydrogen) atoms. The molecule has 0 aromatic heterocycles. The zero-order valence-corrected chi connectivity index (χ0v) is 13.3. The summed E-state index contributed by atoms with van der Waals surface area (Å²) in [6, 6.07) is 10.8. The number of nitrogens with two attached hydrogens (primary N) is 1. The van der Waals surface area contributed by atoms with Gasteiger partial charge in [-0.3, -0.25) is 11.3 Å². The Morgan fingerprint density at radius 3 is 2.75 bits per heavy atom. The fourth-order valence-corrected chi connectivity index (χ4v) is 2.52. The summed E-state index contributed by atoms with van der Waals surface area (Å²) in [7, 11) is 0. The van der Waals surface area contributed by atoms with Gasteiger partial charge in [-0.2, -0.15) is 0 Å². The maximum atomic E-state index is 13.9. The number of nitrogens with one attached hydrogen (secondary N) is 1. The number of rotatable bonds is 4. The average molecular weight is 358 g/mol. The summed E-state index contributed by atoms with van der Waals surface area (Å²) in [5.74, 6) is 5.23. The molecule has 2 nitrogen and oxygen atoms in total. The van der Waals surface area contributed by atoms with Crippen LogP contribution in [0.2, 0.25) is 5.02 Å². The Labute approximate surface area is 131 Å². The van der Waals surface area contributed by atoms with Crippen LogP contribution in [0.3, 0.4) is 0 Å². The summed E-state index contributed by atoms with van der Waals surface area (Å²) in [4.78, 5) is 0. The molecule has 0 saturated carbocycles. The van der Waals surface area contributed by atoms with E-state index >= 15 is 0 Å². The highest BCUT2D eigenvalue weighted by atomic mass is 79.9. The van der Waals surface area contributed by atoms with Gasteiger partial charge in [0.2, 0.25) is 0 Å². The van der Waals surface area contributed by atoms with Crippen molar-refractivity contribution in [1.82, 2.24) is 5.43 Å². The van der Waals surface area contributed by atoms with Crippen molar-refractivity contribution in [3.8, 4) is 0 Å². The molecule has 3 N–H and O–H groups in total. The predicted octanol–water partition coefficient (Wildman–Crippen LogP) is 4.30. The van der Waals surface area contributed by atoms with E-state index in [0.717, 1.165) is 15.6 Å². The normalized spacial score (nSPS) is 12.4. The number of hydrazine groups is 1. The fraction of sp³-hybridized carbons (Fsp3) is 0.200. The quantitative estimate of drug-likeness (QED) is 0.632. The maximum Gasteiger partial charge on any atom is 0.145 e. The number of hydrogen-bond acceptors (Lipinski definition) is 2. The lowest BCUT2D eigenvalue weighted by atomic mass is 9.98. The summed E-state index contributed by atoms with van der Waals surface area (Å²) >= 11 is 9.26. The standard InChI is InChI=1S/C15H15BrClFN2/c1-9-7-10(5-6-12(9)16)14(20-19)8-11-3-2-4-13(17)15(11)18/h2-7,14,20H,8,19H2,1H3. The van der Waals surface area contributed by atoms with Crippen molar-refractivity contribution >= 4 is 27.5 Å². The third-order valence-corrected chi connectivity index (χ3v) is 4.42. The van der Waals surface area contributed by atoms with Gasteiger partial charge in [-0.15, -0.1) is 0 Å². The molecular formula is C15H15BrClFN2. The minimum atomic E-state index is -0.386. The minimum Gasteiger partial charge on any atom is -0.271 e. The molecule has 0 amide bonds. The highest BCUT2D eigenvalue weighted by molar-refractivity contribution is 9.10. The van der Waals surface area contributed by atoms with E-state index in [1.807, 2.05) is 25.1 Å². The first kappa shape index (κ1) is 15.4. The lowest BCUT2D eigenvalue weighted by Crippen LogP contribution is -2.29. The van der Waals surface area contributed by atoms with Crippen molar-refractivity contribution in [2.24, 2.45) is 5.84 Å². The molecule has 2 aromatic carbocycles. The molecule has 0 saturated heterocycles. The lowest BCUT2D eigenvalue weighted by Gasteiger charge is -2.18. The smallest absolute Gasteiger partial charge is 0.145 e. The van der Waals surface area contributed by atoms with E-state index in [9.17, 15) is 4.39 Å². The van der Waals surface area contributed by atoms with Crippen molar-refractivity contribution in [3.05, 3.63) is 68.4 Å². The van der Waals surface area contributed by atoms with E-state index in [2.05, 4.69) is 21.4 Å². The van der Waals surface area contributed by atoms with Gasteiger partial charge < -0.3 is 0 Å². The van der Waals surface area contributed by atoms with Gasteiger partial charge in [0.1, 0.15) is 5.82 Å². The molecule has 2 rings (SSSR count). The molecule has 0 radical (unpaired) electrons. The highest BCUT2D eigenvalue weighted by Gasteiger charge is 2.15. The van der Waals surface area contributed by atoms with Gasteiger partial charge in [0.25, 0.3) is 0 Å². The molecule has 106 valence electrons. The molecule has 5 heteroatoms. The Morgan fingerprint density at radius 2 is 2.10 bits per heavy atom. The van der Waals surface area contributed by atoms with Crippen LogP contribution >= 0.6 is 27.5 Å². The number of hydrogen-bond donors (Lipinski definition) is 2. The SMILES string of the molecule is Cc1cc(C(Cc2cccc(Cl)c2F)NN)ccc1Br. The van der Waals surface area contributed by atoms with Crippen LogP contribution in [-0.2, 0) is 6.42 Å². The Kier molecular flexibility index (Phi) is 5.16. The van der Waals surface area contributed by atoms with Gasteiger partial charge in [0, 0.05) is 4.47 Å². The van der Waals surface area contributed by atoms with Crippen LogP contribution in [0.5, 0.6) is 0 Å². The molecule has 0 aliphatic heterocycles. The zero-order valence-electron chi connectivity index (χ0n) is 11.0. The molecule has 0 aliphatic carbocycles. The molecule has 1 atom stereocenters. The van der Waals surface area contributed by atoms with E-state index < -0.39 is 0 Å². The monoisotopic (exact) mass is 356 g/mol. The van der Waals surface area contributed by atoms with Crippen LogP contribution in [0.25, 0.3) is 0 Å². The first-order valence-electron chi connectivity index (χ1n) is 6.18. The van der Waals surface area contributed by atoms with Crippen molar-refractivity contribution in [2.75, 3.05) is 0 Å². The second-order valence-corrected chi connectivity index (χ2v) is 5.91. The van der Waals surface area contributed by atoms with Crippen molar-refractivity contribution in [1.29, 1.82) is 0 Å². The van der Waals surface area contributed by atoms with Crippen LogP contribution in [0, 0.1) is 12.7 Å². The topological polar surface area (TPSA) is 38.0 Å². The fourth-order valence-electron chi connectivity index (χ4n) is 2.08. The second-order valence-electron chi connectivity index (χ2n) is 4.64. The van der Waals surface area contributed by atoms with Gasteiger partial charge in [0.05, 0.1) is 11.1 Å². The third kappa shape index (κ3) is 3.38. The number of aryl methyl sites for hydroxylation is 1. The molecule has 0 bridgehead atoms. The summed E-state index contributed by atoms with van der Waals surface area (Å²) in [5, 5.41) is 0.130. The van der Waals surface area contributed by atoms with Crippen LogP contribution in [0.15, 0.2) is 40.9 Å². The molecule has 0 heterocycles. The van der Waals surface area contributed by atoms with Crippen LogP contribution in [0.4, 0.5) is 4.39 Å². The van der Waals surface area contributed by atoms with Gasteiger partial charge in [-0.25, -0.2) is 4.39 Å². The molecule has 0 fully saturated rings. The highest BCUT2D eigenvalue weighted by Crippen LogP contribution is 2.26. The Balaban J connectivity index is 2.28. The average Bonchev–Trinajstić information content (AvgIpc) is 2.44. The molecule has 2 aromatic rings. The molecule has 0 spiro atoms. The summed E-state index contributed by atoms with van der Waals surface area (Å²) in [6.07, 6.45) is 0.434. The van der Waals surface area contributed by atoms with Crippen molar-refractivity contribution in [3.63, 3.8) is 0 Å². The van der Waals surface area contributed by atoms with Gasteiger partial charge in [-0.05, 0) is 42.2 Å². The summed E-state index contributed by atoms with van der Waals surface area (Å²) < 4.78 is 15.0. The largest absolute Gasteiger partial charge is 0.271 e. The van der Waals surface area contributed by atoms with E-state index in [-0.39, 0.29) is 16.9 Å². The minimum absolute atomic E-state index is 0.130.